The third-order valence-corrected chi connectivity index (χ3v) is 6.62. The third-order valence-electron chi connectivity index (χ3n) is 3.79. The van der Waals surface area contributed by atoms with Crippen molar-refractivity contribution in [2.45, 2.75) is 19.9 Å². The predicted molar refractivity (Wildman–Crippen MR) is 90.0 cm³/mol. The van der Waals surface area contributed by atoms with Crippen LogP contribution in [-0.2, 0) is 23.0 Å². The lowest BCUT2D eigenvalue weighted by Crippen LogP contribution is -2.36. The number of benzene rings is 1. The summed E-state index contributed by atoms with van der Waals surface area (Å²) in [6.45, 7) is 2.25. The molecule has 3 rings (SSSR count). The Morgan fingerprint density at radius 2 is 2.17 bits per heavy atom. The number of sulfonamides is 1. The maximum Gasteiger partial charge on any atom is 0.260 e. The number of rotatable bonds is 4. The first-order chi connectivity index (χ1) is 11.4. The van der Waals surface area contributed by atoms with E-state index in [4.69, 9.17) is 0 Å². The summed E-state index contributed by atoms with van der Waals surface area (Å²) in [5.41, 5.74) is 0.729. The second-order valence-electron chi connectivity index (χ2n) is 5.31. The first-order valence-corrected chi connectivity index (χ1v) is 9.85. The summed E-state index contributed by atoms with van der Waals surface area (Å²) < 4.78 is 39.0. The van der Waals surface area contributed by atoms with Crippen LogP contribution in [0.5, 0.6) is 0 Å². The smallest absolute Gasteiger partial charge is 0.260 e. The molecule has 0 bridgehead atoms. The summed E-state index contributed by atoms with van der Waals surface area (Å²) in [5.74, 6) is -1.12. The minimum atomic E-state index is -3.25. The Hall–Kier alpha value is -1.84. The van der Waals surface area contributed by atoms with Crippen LogP contribution in [0, 0.1) is 5.82 Å². The molecular weight excluding hydrogens is 353 g/mol. The summed E-state index contributed by atoms with van der Waals surface area (Å²) in [6, 6.07) is 5.71. The van der Waals surface area contributed by atoms with Crippen LogP contribution in [0.3, 0.4) is 0 Å². The van der Waals surface area contributed by atoms with Gasteiger partial charge in [0.2, 0.25) is 10.0 Å². The molecule has 1 aliphatic heterocycles. The van der Waals surface area contributed by atoms with Gasteiger partial charge < -0.3 is 0 Å². The molecule has 9 heteroatoms. The summed E-state index contributed by atoms with van der Waals surface area (Å²) in [6.07, 6.45) is 0.501. The fraction of sp³-hybridized carbons (Fsp3) is 0.333. The van der Waals surface area contributed by atoms with Crippen molar-refractivity contribution in [3.63, 3.8) is 0 Å². The number of thiazole rings is 1. The maximum atomic E-state index is 13.6. The average molecular weight is 369 g/mol. The molecule has 1 aromatic carbocycles. The van der Waals surface area contributed by atoms with Crippen molar-refractivity contribution in [3.8, 4) is 0 Å². The Morgan fingerprint density at radius 1 is 1.42 bits per heavy atom. The highest BCUT2D eigenvalue weighted by molar-refractivity contribution is 7.89. The summed E-state index contributed by atoms with van der Waals surface area (Å²) in [7, 11) is -3.25. The zero-order valence-electron chi connectivity index (χ0n) is 13.0. The Bertz CT molecular complexity index is 880. The first-order valence-electron chi connectivity index (χ1n) is 7.43. The summed E-state index contributed by atoms with van der Waals surface area (Å²) in [4.78, 5) is 17.3. The van der Waals surface area contributed by atoms with Gasteiger partial charge in [0.15, 0.2) is 5.13 Å². The summed E-state index contributed by atoms with van der Waals surface area (Å²) in [5, 5.41) is 2.94. The van der Waals surface area contributed by atoms with Crippen molar-refractivity contribution < 1.29 is 17.6 Å². The van der Waals surface area contributed by atoms with E-state index in [0.717, 1.165) is 10.6 Å². The number of amides is 1. The van der Waals surface area contributed by atoms with Gasteiger partial charge in [0.05, 0.1) is 17.0 Å². The Kier molecular flexibility index (Phi) is 4.66. The number of anilines is 1. The zero-order valence-corrected chi connectivity index (χ0v) is 14.6. The SMILES string of the molecule is CCS(=O)(=O)N1CCc2nc(NC(=O)c3ccccc3F)sc2C1. The van der Waals surface area contributed by atoms with Crippen LogP contribution < -0.4 is 5.32 Å². The molecule has 0 fully saturated rings. The number of halogens is 1. The number of fused-ring (bicyclic) bond motifs is 1. The van der Waals surface area contributed by atoms with Gasteiger partial charge in [0.1, 0.15) is 5.82 Å². The summed E-state index contributed by atoms with van der Waals surface area (Å²) >= 11 is 1.22. The molecule has 2 heterocycles. The van der Waals surface area contributed by atoms with Crippen LogP contribution in [0.15, 0.2) is 24.3 Å². The molecule has 0 radical (unpaired) electrons. The van der Waals surface area contributed by atoms with Gasteiger partial charge in [-0.15, -0.1) is 11.3 Å². The fourth-order valence-corrected chi connectivity index (χ4v) is 4.62. The van der Waals surface area contributed by atoms with Gasteiger partial charge in [-0.1, -0.05) is 12.1 Å². The Morgan fingerprint density at radius 3 is 2.88 bits per heavy atom. The van der Waals surface area contributed by atoms with Crippen LogP contribution in [-0.4, -0.2) is 35.9 Å². The topological polar surface area (TPSA) is 79.4 Å². The lowest BCUT2D eigenvalue weighted by molar-refractivity contribution is 0.102. The van der Waals surface area contributed by atoms with Gasteiger partial charge in [-0.2, -0.15) is 4.31 Å². The highest BCUT2D eigenvalue weighted by atomic mass is 32.2. The van der Waals surface area contributed by atoms with E-state index in [0.29, 0.717) is 18.1 Å². The van der Waals surface area contributed by atoms with Crippen molar-refractivity contribution in [2.24, 2.45) is 0 Å². The monoisotopic (exact) mass is 369 g/mol. The van der Waals surface area contributed by atoms with Gasteiger partial charge in [-0.25, -0.2) is 17.8 Å². The molecule has 0 saturated heterocycles. The number of carbonyl (C=O) groups excluding carboxylic acids is 1. The molecular formula is C15H16FN3O3S2. The fourth-order valence-electron chi connectivity index (χ4n) is 2.46. The lowest BCUT2D eigenvalue weighted by Gasteiger charge is -2.24. The lowest BCUT2D eigenvalue weighted by atomic mass is 10.2. The van der Waals surface area contributed by atoms with Crippen LogP contribution >= 0.6 is 11.3 Å². The molecule has 0 aliphatic carbocycles. The van der Waals surface area contributed by atoms with Crippen LogP contribution in [0.2, 0.25) is 0 Å². The van der Waals surface area contributed by atoms with E-state index in [2.05, 4.69) is 10.3 Å². The average Bonchev–Trinajstić information content (AvgIpc) is 2.96. The molecule has 0 atom stereocenters. The number of nitrogens with one attached hydrogen (secondary N) is 1. The van der Waals surface area contributed by atoms with Gasteiger partial charge in [0.25, 0.3) is 5.91 Å². The van der Waals surface area contributed by atoms with Crippen molar-refractivity contribution in [1.29, 1.82) is 0 Å². The predicted octanol–water partition coefficient (Wildman–Crippen LogP) is 2.24. The number of aromatic nitrogens is 1. The van der Waals surface area contributed by atoms with Crippen LogP contribution in [0.1, 0.15) is 27.9 Å². The van der Waals surface area contributed by atoms with E-state index in [1.54, 1.807) is 13.0 Å². The second kappa shape index (κ2) is 6.58. The van der Waals surface area contributed by atoms with Crippen LogP contribution in [0.4, 0.5) is 9.52 Å². The third kappa shape index (κ3) is 3.33. The van der Waals surface area contributed by atoms with Gasteiger partial charge in [-0.3, -0.25) is 10.1 Å². The van der Waals surface area contributed by atoms with Gasteiger partial charge >= 0.3 is 0 Å². The molecule has 0 unspecified atom stereocenters. The minimum absolute atomic E-state index is 0.0536. The van der Waals surface area contributed by atoms with E-state index in [-0.39, 0.29) is 17.9 Å². The van der Waals surface area contributed by atoms with E-state index >= 15 is 0 Å². The van der Waals surface area contributed by atoms with Crippen molar-refractivity contribution in [3.05, 3.63) is 46.2 Å². The van der Waals surface area contributed by atoms with E-state index in [1.807, 2.05) is 0 Å². The van der Waals surface area contributed by atoms with E-state index in [9.17, 15) is 17.6 Å². The van der Waals surface area contributed by atoms with E-state index in [1.165, 1.54) is 33.8 Å². The number of nitrogens with zero attached hydrogens (tertiary/aromatic N) is 2. The molecule has 2 aromatic rings. The van der Waals surface area contributed by atoms with Gasteiger partial charge in [-0.05, 0) is 19.1 Å². The molecule has 1 aromatic heterocycles. The second-order valence-corrected chi connectivity index (χ2v) is 8.65. The number of carbonyl (C=O) groups is 1. The largest absolute Gasteiger partial charge is 0.298 e. The van der Waals surface area contributed by atoms with E-state index < -0.39 is 21.7 Å². The Balaban J connectivity index is 1.77. The maximum absolute atomic E-state index is 13.6. The van der Waals surface area contributed by atoms with Gasteiger partial charge in [0, 0.05) is 24.4 Å². The molecule has 0 saturated carbocycles. The quantitative estimate of drug-likeness (QED) is 0.896. The highest BCUT2D eigenvalue weighted by Gasteiger charge is 2.28. The molecule has 128 valence electrons. The number of hydrogen-bond acceptors (Lipinski definition) is 5. The molecule has 0 spiro atoms. The molecule has 1 aliphatic rings. The minimum Gasteiger partial charge on any atom is -0.298 e. The zero-order chi connectivity index (χ0) is 17.3. The number of hydrogen-bond donors (Lipinski definition) is 1. The molecule has 1 amide bonds. The van der Waals surface area contributed by atoms with Crippen molar-refractivity contribution >= 4 is 32.4 Å². The Labute approximate surface area is 143 Å². The van der Waals surface area contributed by atoms with Crippen molar-refractivity contribution in [2.75, 3.05) is 17.6 Å². The first kappa shape index (κ1) is 17.0. The van der Waals surface area contributed by atoms with Crippen LogP contribution in [0.25, 0.3) is 0 Å². The molecule has 24 heavy (non-hydrogen) atoms. The van der Waals surface area contributed by atoms with Crippen molar-refractivity contribution in [1.82, 2.24) is 9.29 Å². The molecule has 1 N–H and O–H groups in total. The highest BCUT2D eigenvalue weighted by Crippen LogP contribution is 2.29. The molecule has 6 nitrogen and oxygen atoms in total. The normalized spacial score (nSPS) is 15.1. The standard InChI is InChI=1S/C15H16FN3O3S2/c1-2-24(21,22)19-8-7-12-13(9-19)23-15(17-12)18-14(20)10-5-3-4-6-11(10)16/h3-6H,2,7-9H2,1H3,(H,17,18,20).